The first kappa shape index (κ1) is 31.0. The summed E-state index contributed by atoms with van der Waals surface area (Å²) >= 11 is 0. The van der Waals surface area contributed by atoms with Gasteiger partial charge >= 0.3 is 0 Å². The Bertz CT molecular complexity index is 3480. The van der Waals surface area contributed by atoms with E-state index in [0.717, 1.165) is 11.4 Å². The van der Waals surface area contributed by atoms with Gasteiger partial charge in [0, 0.05) is 32.9 Å². The van der Waals surface area contributed by atoms with Crippen LogP contribution in [0.1, 0.15) is 0 Å². The quantitative estimate of drug-likeness (QED) is 0.161. The number of nitrogens with zero attached hydrogens (tertiary/aromatic N) is 2. The van der Waals surface area contributed by atoms with Crippen LogP contribution in [-0.2, 0) is 0 Å². The topological polar surface area (TPSA) is 9.86 Å². The van der Waals surface area contributed by atoms with Gasteiger partial charge in [-0.25, -0.2) is 0 Å². The summed E-state index contributed by atoms with van der Waals surface area (Å²) in [6, 6.07) is 75.8. The summed E-state index contributed by atoms with van der Waals surface area (Å²) in [6.07, 6.45) is 0. The minimum Gasteiger partial charge on any atom is -0.309 e. The Morgan fingerprint density at radius 1 is 0.196 bits per heavy atom. The van der Waals surface area contributed by atoms with Gasteiger partial charge in [-0.2, -0.15) is 0 Å². The van der Waals surface area contributed by atoms with E-state index in [-0.39, 0.29) is 0 Å². The molecule has 0 bridgehead atoms. The zero-order valence-corrected chi connectivity index (χ0v) is 30.5. The summed E-state index contributed by atoms with van der Waals surface area (Å²) in [5.41, 5.74) is 12.0. The first-order chi connectivity index (χ1) is 27.8. The van der Waals surface area contributed by atoms with E-state index >= 15 is 0 Å². The second-order valence-corrected chi connectivity index (χ2v) is 14.9. The average molecular weight is 711 g/mol. The van der Waals surface area contributed by atoms with Crippen molar-refractivity contribution in [2.45, 2.75) is 0 Å². The number of hydrogen-bond donors (Lipinski definition) is 0. The van der Waals surface area contributed by atoms with E-state index in [1.54, 1.807) is 0 Å². The monoisotopic (exact) mass is 710 g/mol. The Kier molecular flexibility index (Phi) is 6.66. The molecule has 0 aliphatic carbocycles. The lowest BCUT2D eigenvalue weighted by molar-refractivity contribution is 1.18. The van der Waals surface area contributed by atoms with Crippen LogP contribution in [0.4, 0.5) is 0 Å². The average Bonchev–Trinajstić information content (AvgIpc) is 3.79. The summed E-state index contributed by atoms with van der Waals surface area (Å²) in [4.78, 5) is 0. The third-order valence-corrected chi connectivity index (χ3v) is 11.9. The second kappa shape index (κ2) is 12.0. The summed E-state index contributed by atoms with van der Waals surface area (Å²) in [5, 5.41) is 12.7. The number of rotatable bonds is 4. The van der Waals surface area contributed by atoms with Gasteiger partial charge in [-0.15, -0.1) is 0 Å². The van der Waals surface area contributed by atoms with Gasteiger partial charge < -0.3 is 9.13 Å². The largest absolute Gasteiger partial charge is 0.309 e. The third-order valence-electron chi connectivity index (χ3n) is 11.9. The maximum atomic E-state index is 2.46. The molecule has 0 fully saturated rings. The lowest BCUT2D eigenvalue weighted by atomic mass is 9.94. The molecular formula is C54H34N2. The highest BCUT2D eigenvalue weighted by molar-refractivity contribution is 6.25. The summed E-state index contributed by atoms with van der Waals surface area (Å²) in [7, 11) is 0. The van der Waals surface area contributed by atoms with Crippen LogP contribution in [0, 0.1) is 0 Å². The van der Waals surface area contributed by atoms with Crippen molar-refractivity contribution in [3.8, 4) is 33.6 Å². The molecule has 260 valence electrons. The van der Waals surface area contributed by atoms with Gasteiger partial charge in [0.05, 0.1) is 22.1 Å². The molecule has 10 aromatic carbocycles. The first-order valence-corrected chi connectivity index (χ1v) is 19.3. The minimum atomic E-state index is 1.15. The number of fused-ring (bicyclic) bond motifs is 12. The Hall–Kier alpha value is -7.42. The van der Waals surface area contributed by atoms with E-state index < -0.39 is 0 Å². The van der Waals surface area contributed by atoms with Gasteiger partial charge in [-0.1, -0.05) is 158 Å². The molecule has 0 spiro atoms. The molecule has 0 aliphatic rings. The van der Waals surface area contributed by atoms with Crippen LogP contribution in [0.2, 0.25) is 0 Å². The third kappa shape index (κ3) is 4.57. The van der Waals surface area contributed by atoms with E-state index in [1.165, 1.54) is 98.2 Å². The predicted octanol–water partition coefficient (Wildman–Crippen LogP) is 14.7. The van der Waals surface area contributed by atoms with E-state index in [2.05, 4.69) is 215 Å². The molecule has 0 radical (unpaired) electrons. The van der Waals surface area contributed by atoms with Crippen LogP contribution in [-0.4, -0.2) is 9.13 Å². The van der Waals surface area contributed by atoms with Gasteiger partial charge in [-0.05, 0) is 103 Å². The van der Waals surface area contributed by atoms with E-state index in [9.17, 15) is 0 Å². The zero-order valence-electron chi connectivity index (χ0n) is 30.5. The number of para-hydroxylation sites is 2. The van der Waals surface area contributed by atoms with Crippen molar-refractivity contribution in [1.29, 1.82) is 0 Å². The summed E-state index contributed by atoms with van der Waals surface area (Å²) < 4.78 is 4.88. The molecule has 0 N–H and O–H groups in total. The molecule has 0 amide bonds. The van der Waals surface area contributed by atoms with E-state index in [0.29, 0.717) is 0 Å². The van der Waals surface area contributed by atoms with Crippen LogP contribution in [0.5, 0.6) is 0 Å². The van der Waals surface area contributed by atoms with Gasteiger partial charge in [0.2, 0.25) is 0 Å². The SMILES string of the molecule is c1ccc(-c2ccc(-n3c4ccccc4c4ccc(-c5ccc6c7ccccc7n(-c7ccc8c9ccccc9c9ccccc9c8c7)c6c5)cc43)cc2)cc1. The molecule has 0 unspecified atom stereocenters. The molecule has 0 aliphatic heterocycles. The Morgan fingerprint density at radius 2 is 0.554 bits per heavy atom. The molecule has 2 heteroatoms. The van der Waals surface area contributed by atoms with Crippen LogP contribution in [0.25, 0.3) is 110 Å². The van der Waals surface area contributed by atoms with Crippen LogP contribution in [0.3, 0.4) is 0 Å². The Morgan fingerprint density at radius 3 is 1.11 bits per heavy atom. The van der Waals surface area contributed by atoms with Crippen molar-refractivity contribution in [2.24, 2.45) is 0 Å². The molecular weight excluding hydrogens is 677 g/mol. The van der Waals surface area contributed by atoms with Crippen molar-refractivity contribution in [3.05, 3.63) is 206 Å². The Labute approximate surface area is 323 Å². The molecule has 56 heavy (non-hydrogen) atoms. The first-order valence-electron chi connectivity index (χ1n) is 19.3. The molecule has 12 rings (SSSR count). The van der Waals surface area contributed by atoms with Crippen molar-refractivity contribution < 1.29 is 0 Å². The van der Waals surface area contributed by atoms with Gasteiger partial charge in [0.25, 0.3) is 0 Å². The maximum Gasteiger partial charge on any atom is 0.0547 e. The molecule has 12 aromatic rings. The van der Waals surface area contributed by atoms with Crippen LogP contribution in [0.15, 0.2) is 206 Å². The number of aromatic nitrogens is 2. The van der Waals surface area contributed by atoms with Gasteiger partial charge in [0.1, 0.15) is 0 Å². The number of hydrogen-bond acceptors (Lipinski definition) is 0. The van der Waals surface area contributed by atoms with Crippen LogP contribution < -0.4 is 0 Å². The summed E-state index contributed by atoms with van der Waals surface area (Å²) in [6.45, 7) is 0. The fourth-order valence-electron chi connectivity index (χ4n) is 9.32. The van der Waals surface area contributed by atoms with Gasteiger partial charge in [0.15, 0.2) is 0 Å². The summed E-state index contributed by atoms with van der Waals surface area (Å²) in [5.74, 6) is 0. The molecule has 0 saturated carbocycles. The Balaban J connectivity index is 1.06. The second-order valence-electron chi connectivity index (χ2n) is 14.9. The standard InChI is InChI=1S/C54H34N2/c1-2-12-35(13-3-1)36-22-26-39(27-23-36)55-51-20-10-8-18-46(51)48-29-24-37(32-53(48)55)38-25-30-49-47-19-9-11-21-52(47)56(54(49)33-38)40-28-31-45-43-16-5-4-14-41(43)42-15-6-7-17-44(42)50(45)34-40/h1-34H. The van der Waals surface area contributed by atoms with E-state index in [4.69, 9.17) is 0 Å². The molecule has 2 aromatic heterocycles. The lowest BCUT2D eigenvalue weighted by Gasteiger charge is -2.14. The van der Waals surface area contributed by atoms with Crippen molar-refractivity contribution in [1.82, 2.24) is 9.13 Å². The highest BCUT2D eigenvalue weighted by Crippen LogP contribution is 2.40. The normalized spacial score (nSPS) is 11.9. The fourth-order valence-corrected chi connectivity index (χ4v) is 9.32. The maximum absolute atomic E-state index is 2.46. The van der Waals surface area contributed by atoms with Crippen LogP contribution >= 0.6 is 0 Å². The highest BCUT2D eigenvalue weighted by Gasteiger charge is 2.17. The van der Waals surface area contributed by atoms with Crippen molar-refractivity contribution in [2.75, 3.05) is 0 Å². The predicted molar refractivity (Wildman–Crippen MR) is 239 cm³/mol. The van der Waals surface area contributed by atoms with Crippen molar-refractivity contribution in [3.63, 3.8) is 0 Å². The zero-order chi connectivity index (χ0) is 36.7. The molecule has 2 nitrogen and oxygen atoms in total. The number of benzene rings is 10. The lowest BCUT2D eigenvalue weighted by Crippen LogP contribution is -1.95. The fraction of sp³-hybridized carbons (Fsp3) is 0. The molecule has 0 atom stereocenters. The minimum absolute atomic E-state index is 1.15. The molecule has 0 saturated heterocycles. The van der Waals surface area contributed by atoms with Crippen molar-refractivity contribution >= 4 is 75.9 Å². The molecule has 2 heterocycles. The van der Waals surface area contributed by atoms with E-state index in [1.807, 2.05) is 0 Å². The van der Waals surface area contributed by atoms with Gasteiger partial charge in [-0.3, -0.25) is 0 Å². The smallest absolute Gasteiger partial charge is 0.0547 e. The highest BCUT2D eigenvalue weighted by atomic mass is 15.0.